The summed E-state index contributed by atoms with van der Waals surface area (Å²) in [6, 6.07) is 11.6. The molecule has 1 aliphatic rings. The van der Waals surface area contributed by atoms with Crippen molar-refractivity contribution in [3.63, 3.8) is 0 Å². The molecule has 1 fully saturated rings. The van der Waals surface area contributed by atoms with Crippen molar-refractivity contribution in [1.82, 2.24) is 0 Å². The van der Waals surface area contributed by atoms with Gasteiger partial charge in [-0.2, -0.15) is 0 Å². The molecule has 1 saturated carbocycles. The van der Waals surface area contributed by atoms with E-state index in [1.165, 1.54) is 50.7 Å². The first kappa shape index (κ1) is 18.1. The molecule has 2 heteroatoms. The van der Waals surface area contributed by atoms with Gasteiger partial charge in [-0.05, 0) is 59.9 Å². The highest BCUT2D eigenvalue weighted by atomic mass is 19.1. The van der Waals surface area contributed by atoms with Crippen molar-refractivity contribution in [2.45, 2.75) is 58.3 Å². The first-order valence-corrected chi connectivity index (χ1v) is 9.64. The van der Waals surface area contributed by atoms with E-state index in [-0.39, 0.29) is 11.6 Å². The second-order valence-electron chi connectivity index (χ2n) is 7.60. The Bertz CT molecular complexity index is 682. The molecule has 2 aromatic rings. The molecule has 25 heavy (non-hydrogen) atoms. The van der Waals surface area contributed by atoms with Crippen LogP contribution in [0.1, 0.15) is 63.9 Å². The molecule has 0 aliphatic heterocycles. The SMILES string of the molecule is CCCC1CCC(C(C)c2ccc(-c3ccc(F)cc3)c(F)c2)CC1. The third-order valence-corrected chi connectivity index (χ3v) is 5.97. The van der Waals surface area contributed by atoms with Crippen LogP contribution in [0.5, 0.6) is 0 Å². The van der Waals surface area contributed by atoms with Crippen molar-refractivity contribution < 1.29 is 8.78 Å². The molecule has 0 amide bonds. The lowest BCUT2D eigenvalue weighted by molar-refractivity contribution is 0.238. The summed E-state index contributed by atoms with van der Waals surface area (Å²) in [6.45, 7) is 4.50. The van der Waals surface area contributed by atoms with Gasteiger partial charge in [0.25, 0.3) is 0 Å². The molecule has 0 bridgehead atoms. The average molecular weight is 342 g/mol. The zero-order valence-electron chi connectivity index (χ0n) is 15.3. The maximum atomic E-state index is 14.6. The molecule has 0 heterocycles. The summed E-state index contributed by atoms with van der Waals surface area (Å²) in [4.78, 5) is 0. The predicted octanol–water partition coefficient (Wildman–Crippen LogP) is 7.34. The number of halogens is 2. The van der Waals surface area contributed by atoms with Crippen LogP contribution in [-0.4, -0.2) is 0 Å². The summed E-state index contributed by atoms with van der Waals surface area (Å²) < 4.78 is 27.7. The Hall–Kier alpha value is -1.70. The lowest BCUT2D eigenvalue weighted by Gasteiger charge is -2.32. The average Bonchev–Trinajstić information content (AvgIpc) is 2.63. The molecule has 0 spiro atoms. The van der Waals surface area contributed by atoms with Gasteiger partial charge >= 0.3 is 0 Å². The standard InChI is InChI=1S/C23H28F2/c1-3-4-17-5-7-18(8-6-17)16(2)20-11-14-22(23(25)15-20)19-9-12-21(24)13-10-19/h9-18H,3-8H2,1-2H3. The Labute approximate surface area is 150 Å². The molecule has 0 aromatic heterocycles. The molecule has 1 atom stereocenters. The topological polar surface area (TPSA) is 0 Å². The fourth-order valence-corrected chi connectivity index (χ4v) is 4.34. The molecular formula is C23H28F2. The fraction of sp³-hybridized carbons (Fsp3) is 0.478. The van der Waals surface area contributed by atoms with Crippen molar-refractivity contribution in [3.05, 3.63) is 59.7 Å². The van der Waals surface area contributed by atoms with E-state index in [0.717, 1.165) is 17.0 Å². The molecule has 0 nitrogen and oxygen atoms in total. The highest BCUT2D eigenvalue weighted by molar-refractivity contribution is 5.64. The van der Waals surface area contributed by atoms with Gasteiger partial charge in [-0.25, -0.2) is 8.78 Å². The summed E-state index contributed by atoms with van der Waals surface area (Å²) in [5.74, 6) is 1.43. The van der Waals surface area contributed by atoms with Crippen LogP contribution in [-0.2, 0) is 0 Å². The predicted molar refractivity (Wildman–Crippen MR) is 101 cm³/mol. The van der Waals surface area contributed by atoms with E-state index in [1.807, 2.05) is 12.1 Å². The minimum atomic E-state index is -0.298. The zero-order valence-corrected chi connectivity index (χ0v) is 15.3. The molecule has 2 aromatic carbocycles. The van der Waals surface area contributed by atoms with Crippen LogP contribution in [0.25, 0.3) is 11.1 Å². The normalized spacial score (nSPS) is 21.9. The van der Waals surface area contributed by atoms with Gasteiger partial charge < -0.3 is 0 Å². The maximum Gasteiger partial charge on any atom is 0.131 e. The largest absolute Gasteiger partial charge is 0.207 e. The third-order valence-electron chi connectivity index (χ3n) is 5.97. The van der Waals surface area contributed by atoms with Crippen LogP contribution in [0.4, 0.5) is 8.78 Å². The smallest absolute Gasteiger partial charge is 0.131 e. The van der Waals surface area contributed by atoms with Crippen LogP contribution in [0.15, 0.2) is 42.5 Å². The molecule has 3 rings (SSSR count). The first-order chi connectivity index (χ1) is 12.1. The maximum absolute atomic E-state index is 14.6. The van der Waals surface area contributed by atoms with E-state index >= 15 is 0 Å². The minimum Gasteiger partial charge on any atom is -0.207 e. The van der Waals surface area contributed by atoms with Crippen molar-refractivity contribution in [2.75, 3.05) is 0 Å². The molecule has 0 saturated heterocycles. The molecule has 0 radical (unpaired) electrons. The zero-order chi connectivity index (χ0) is 17.8. The summed E-state index contributed by atoms with van der Waals surface area (Å²) in [6.07, 6.45) is 7.78. The monoisotopic (exact) mass is 342 g/mol. The van der Waals surface area contributed by atoms with Gasteiger partial charge in [-0.1, -0.05) is 63.8 Å². The first-order valence-electron chi connectivity index (χ1n) is 9.64. The molecular weight excluding hydrogens is 314 g/mol. The highest BCUT2D eigenvalue weighted by Gasteiger charge is 2.26. The van der Waals surface area contributed by atoms with Crippen LogP contribution in [0.3, 0.4) is 0 Å². The highest BCUT2D eigenvalue weighted by Crippen LogP contribution is 2.40. The van der Waals surface area contributed by atoms with E-state index in [4.69, 9.17) is 0 Å². The second kappa shape index (κ2) is 8.12. The lowest BCUT2D eigenvalue weighted by Crippen LogP contribution is -2.19. The Morgan fingerprint density at radius 3 is 2.24 bits per heavy atom. The van der Waals surface area contributed by atoms with E-state index in [0.29, 0.717) is 17.4 Å². The Kier molecular flexibility index (Phi) is 5.88. The number of rotatable bonds is 5. The van der Waals surface area contributed by atoms with Crippen molar-refractivity contribution >= 4 is 0 Å². The van der Waals surface area contributed by atoms with Gasteiger partial charge in [0.1, 0.15) is 11.6 Å². The van der Waals surface area contributed by atoms with Crippen LogP contribution >= 0.6 is 0 Å². The van der Waals surface area contributed by atoms with E-state index in [1.54, 1.807) is 18.2 Å². The van der Waals surface area contributed by atoms with Gasteiger partial charge in [0.2, 0.25) is 0 Å². The molecule has 0 N–H and O–H groups in total. The Morgan fingerprint density at radius 2 is 1.64 bits per heavy atom. The van der Waals surface area contributed by atoms with E-state index in [2.05, 4.69) is 13.8 Å². The molecule has 1 aliphatic carbocycles. The van der Waals surface area contributed by atoms with Crippen LogP contribution < -0.4 is 0 Å². The number of hydrogen-bond acceptors (Lipinski definition) is 0. The molecule has 1 unspecified atom stereocenters. The Balaban J connectivity index is 1.71. The third kappa shape index (κ3) is 4.29. The van der Waals surface area contributed by atoms with Gasteiger partial charge in [-0.15, -0.1) is 0 Å². The minimum absolute atomic E-state index is 0.212. The fourth-order valence-electron chi connectivity index (χ4n) is 4.34. The summed E-state index contributed by atoms with van der Waals surface area (Å²) >= 11 is 0. The van der Waals surface area contributed by atoms with Crippen LogP contribution in [0.2, 0.25) is 0 Å². The van der Waals surface area contributed by atoms with E-state index in [9.17, 15) is 8.78 Å². The van der Waals surface area contributed by atoms with Gasteiger partial charge in [0, 0.05) is 5.56 Å². The Morgan fingerprint density at radius 1 is 0.960 bits per heavy atom. The van der Waals surface area contributed by atoms with Gasteiger partial charge in [0.05, 0.1) is 0 Å². The van der Waals surface area contributed by atoms with Gasteiger partial charge in [0.15, 0.2) is 0 Å². The summed E-state index contributed by atoms with van der Waals surface area (Å²) in [5, 5.41) is 0. The van der Waals surface area contributed by atoms with Crippen molar-refractivity contribution in [3.8, 4) is 11.1 Å². The summed E-state index contributed by atoms with van der Waals surface area (Å²) in [5.41, 5.74) is 2.35. The second-order valence-corrected chi connectivity index (χ2v) is 7.60. The van der Waals surface area contributed by atoms with Crippen molar-refractivity contribution in [2.24, 2.45) is 11.8 Å². The van der Waals surface area contributed by atoms with E-state index < -0.39 is 0 Å². The van der Waals surface area contributed by atoms with Crippen molar-refractivity contribution in [1.29, 1.82) is 0 Å². The lowest BCUT2D eigenvalue weighted by atomic mass is 9.73. The quantitative estimate of drug-likeness (QED) is 0.533. The number of benzene rings is 2. The summed E-state index contributed by atoms with van der Waals surface area (Å²) in [7, 11) is 0. The molecule has 134 valence electrons. The van der Waals surface area contributed by atoms with Gasteiger partial charge in [-0.3, -0.25) is 0 Å². The number of hydrogen-bond donors (Lipinski definition) is 0. The van der Waals surface area contributed by atoms with Crippen LogP contribution in [0, 0.1) is 23.5 Å².